The van der Waals surface area contributed by atoms with Crippen molar-refractivity contribution in [2.45, 2.75) is 64.5 Å². The van der Waals surface area contributed by atoms with E-state index in [-0.39, 0.29) is 18.2 Å². The Labute approximate surface area is 147 Å². The third-order valence-electron chi connectivity index (χ3n) is 6.07. The van der Waals surface area contributed by atoms with Crippen molar-refractivity contribution in [1.82, 2.24) is 15.1 Å². The van der Waals surface area contributed by atoms with Crippen molar-refractivity contribution in [1.29, 1.82) is 0 Å². The van der Waals surface area contributed by atoms with Crippen LogP contribution >= 0.6 is 0 Å². The summed E-state index contributed by atoms with van der Waals surface area (Å²) in [5.74, 6) is 1.52. The van der Waals surface area contributed by atoms with E-state index in [0.29, 0.717) is 5.92 Å². The Kier molecular flexibility index (Phi) is 6.39. The van der Waals surface area contributed by atoms with E-state index in [9.17, 15) is 4.79 Å². The summed E-state index contributed by atoms with van der Waals surface area (Å²) >= 11 is 0. The molecule has 0 aliphatic carbocycles. The number of hydrogen-bond acceptors (Lipinski definition) is 3. The molecule has 2 amide bonds. The maximum Gasteiger partial charge on any atom is 0.317 e. The Balaban J connectivity index is 1.43. The molecule has 0 radical (unpaired) electrons. The summed E-state index contributed by atoms with van der Waals surface area (Å²) in [5.41, 5.74) is 0. The van der Waals surface area contributed by atoms with Crippen molar-refractivity contribution >= 4 is 6.03 Å². The van der Waals surface area contributed by atoms with Crippen molar-refractivity contribution < 1.29 is 9.53 Å². The Hall–Kier alpha value is -0.810. The molecule has 0 unspecified atom stereocenters. The first-order chi connectivity index (χ1) is 11.6. The number of nitrogens with one attached hydrogen (secondary N) is 1. The first-order valence-corrected chi connectivity index (χ1v) is 10.0. The molecule has 0 aromatic rings. The first kappa shape index (κ1) is 18.0. The van der Waals surface area contributed by atoms with Gasteiger partial charge >= 0.3 is 6.03 Å². The van der Waals surface area contributed by atoms with Crippen LogP contribution in [-0.2, 0) is 4.74 Å². The lowest BCUT2D eigenvalue weighted by Crippen LogP contribution is -2.52. The molecule has 24 heavy (non-hydrogen) atoms. The van der Waals surface area contributed by atoms with Gasteiger partial charge in [0.1, 0.15) is 0 Å². The third kappa shape index (κ3) is 4.85. The molecule has 0 spiro atoms. The second-order valence-electron chi connectivity index (χ2n) is 8.23. The number of likely N-dealkylation sites (tertiary alicyclic amines) is 2. The van der Waals surface area contributed by atoms with E-state index < -0.39 is 0 Å². The molecule has 138 valence electrons. The van der Waals surface area contributed by atoms with Crippen LogP contribution < -0.4 is 5.32 Å². The summed E-state index contributed by atoms with van der Waals surface area (Å²) in [6.45, 7) is 10.7. The average molecular weight is 338 g/mol. The number of piperidine rings is 2. The predicted molar refractivity (Wildman–Crippen MR) is 96.1 cm³/mol. The highest BCUT2D eigenvalue weighted by Gasteiger charge is 2.29. The van der Waals surface area contributed by atoms with Crippen LogP contribution in [0.1, 0.15) is 52.4 Å². The van der Waals surface area contributed by atoms with Gasteiger partial charge in [0.05, 0.1) is 12.1 Å². The molecule has 3 fully saturated rings. The number of rotatable bonds is 4. The molecule has 3 aliphatic rings. The summed E-state index contributed by atoms with van der Waals surface area (Å²) in [7, 11) is 0. The zero-order valence-corrected chi connectivity index (χ0v) is 15.5. The number of carbonyl (C=O) groups excluding carboxylic acids is 1. The van der Waals surface area contributed by atoms with Gasteiger partial charge in [-0.3, -0.25) is 0 Å². The standard InChI is InChI=1S/C19H35N3O2/c1-15-7-10-21(11-8-15)13-17-5-3-9-22(14-17)19(23)20-16(2)18-6-4-12-24-18/h15-18H,3-14H2,1-2H3,(H,20,23)/t16-,17+,18+/m1/s1. The Bertz CT molecular complexity index is 403. The van der Waals surface area contributed by atoms with Gasteiger partial charge in [-0.1, -0.05) is 6.92 Å². The van der Waals surface area contributed by atoms with Crippen molar-refractivity contribution in [3.63, 3.8) is 0 Å². The highest BCUT2D eigenvalue weighted by molar-refractivity contribution is 5.74. The molecule has 0 bridgehead atoms. The van der Waals surface area contributed by atoms with Crippen LogP contribution in [-0.4, -0.2) is 67.3 Å². The smallest absolute Gasteiger partial charge is 0.317 e. The predicted octanol–water partition coefficient (Wildman–Crippen LogP) is 2.71. The van der Waals surface area contributed by atoms with E-state index in [1.54, 1.807) is 0 Å². The van der Waals surface area contributed by atoms with Crippen LogP contribution in [0.2, 0.25) is 0 Å². The van der Waals surface area contributed by atoms with Gasteiger partial charge in [0.25, 0.3) is 0 Å². The van der Waals surface area contributed by atoms with Gasteiger partial charge in [-0.25, -0.2) is 4.79 Å². The molecule has 3 saturated heterocycles. The topological polar surface area (TPSA) is 44.8 Å². The zero-order chi connectivity index (χ0) is 16.9. The fourth-order valence-electron chi connectivity index (χ4n) is 4.38. The number of ether oxygens (including phenoxy) is 1. The van der Waals surface area contributed by atoms with Crippen molar-refractivity contribution in [2.24, 2.45) is 11.8 Å². The number of nitrogens with zero attached hydrogens (tertiary/aromatic N) is 2. The molecule has 0 aromatic carbocycles. The number of carbonyl (C=O) groups is 1. The fraction of sp³-hybridized carbons (Fsp3) is 0.947. The Morgan fingerprint density at radius 2 is 1.96 bits per heavy atom. The highest BCUT2D eigenvalue weighted by atomic mass is 16.5. The molecule has 5 heteroatoms. The van der Waals surface area contributed by atoms with E-state index in [1.165, 1.54) is 32.4 Å². The summed E-state index contributed by atoms with van der Waals surface area (Å²) in [6.07, 6.45) is 7.44. The SMILES string of the molecule is CC1CCN(C[C@@H]2CCCN(C(=O)N[C@H](C)[C@@H]3CCCO3)C2)CC1. The van der Waals surface area contributed by atoms with E-state index in [0.717, 1.165) is 51.4 Å². The van der Waals surface area contributed by atoms with Crippen LogP contribution in [0.4, 0.5) is 4.79 Å². The lowest BCUT2D eigenvalue weighted by atomic mass is 9.94. The van der Waals surface area contributed by atoms with Gasteiger partial charge in [0.2, 0.25) is 0 Å². The summed E-state index contributed by atoms with van der Waals surface area (Å²) in [5, 5.41) is 3.17. The second kappa shape index (κ2) is 8.52. The zero-order valence-electron chi connectivity index (χ0n) is 15.5. The van der Waals surface area contributed by atoms with E-state index in [2.05, 4.69) is 24.1 Å². The van der Waals surface area contributed by atoms with Crippen LogP contribution in [0.3, 0.4) is 0 Å². The van der Waals surface area contributed by atoms with Gasteiger partial charge in [-0.2, -0.15) is 0 Å². The largest absolute Gasteiger partial charge is 0.376 e. The Morgan fingerprint density at radius 3 is 2.67 bits per heavy atom. The molecule has 1 N–H and O–H groups in total. The molecular weight excluding hydrogens is 302 g/mol. The maximum absolute atomic E-state index is 12.6. The van der Waals surface area contributed by atoms with Crippen LogP contribution in [0.15, 0.2) is 0 Å². The first-order valence-electron chi connectivity index (χ1n) is 10.0. The van der Waals surface area contributed by atoms with Crippen LogP contribution in [0, 0.1) is 11.8 Å². The highest BCUT2D eigenvalue weighted by Crippen LogP contribution is 2.22. The fourth-order valence-corrected chi connectivity index (χ4v) is 4.38. The number of hydrogen-bond donors (Lipinski definition) is 1. The van der Waals surface area contributed by atoms with Crippen molar-refractivity contribution in [2.75, 3.05) is 39.3 Å². The second-order valence-corrected chi connectivity index (χ2v) is 8.23. The minimum atomic E-state index is 0.106. The average Bonchev–Trinajstić information content (AvgIpc) is 3.12. The van der Waals surface area contributed by atoms with Gasteiger partial charge in [-0.15, -0.1) is 0 Å². The van der Waals surface area contributed by atoms with E-state index in [1.807, 2.05) is 4.90 Å². The Morgan fingerprint density at radius 1 is 1.17 bits per heavy atom. The summed E-state index contributed by atoms with van der Waals surface area (Å²) in [6, 6.07) is 0.221. The monoisotopic (exact) mass is 337 g/mol. The number of amides is 2. The van der Waals surface area contributed by atoms with Crippen molar-refractivity contribution in [3.05, 3.63) is 0 Å². The normalized spacial score (nSPS) is 31.2. The minimum Gasteiger partial charge on any atom is -0.376 e. The molecule has 3 rings (SSSR count). The molecule has 3 heterocycles. The van der Waals surface area contributed by atoms with Crippen molar-refractivity contribution in [3.8, 4) is 0 Å². The lowest BCUT2D eigenvalue weighted by Gasteiger charge is -2.38. The minimum absolute atomic E-state index is 0.106. The third-order valence-corrected chi connectivity index (χ3v) is 6.07. The maximum atomic E-state index is 12.6. The quantitative estimate of drug-likeness (QED) is 0.858. The molecular formula is C19H35N3O2. The summed E-state index contributed by atoms with van der Waals surface area (Å²) in [4.78, 5) is 17.2. The molecule has 3 atom stereocenters. The van der Waals surface area contributed by atoms with E-state index in [4.69, 9.17) is 4.74 Å². The summed E-state index contributed by atoms with van der Waals surface area (Å²) < 4.78 is 5.69. The molecule has 3 aliphatic heterocycles. The lowest BCUT2D eigenvalue weighted by molar-refractivity contribution is 0.0796. The van der Waals surface area contributed by atoms with Gasteiger partial charge in [0, 0.05) is 26.2 Å². The number of urea groups is 1. The van der Waals surface area contributed by atoms with Crippen LogP contribution in [0.5, 0.6) is 0 Å². The van der Waals surface area contributed by atoms with Crippen LogP contribution in [0.25, 0.3) is 0 Å². The van der Waals surface area contributed by atoms with Gasteiger partial charge in [-0.05, 0) is 70.4 Å². The molecule has 0 saturated carbocycles. The molecule has 5 nitrogen and oxygen atoms in total. The van der Waals surface area contributed by atoms with Gasteiger partial charge in [0.15, 0.2) is 0 Å². The van der Waals surface area contributed by atoms with Gasteiger partial charge < -0.3 is 19.9 Å². The van der Waals surface area contributed by atoms with E-state index >= 15 is 0 Å². The molecule has 0 aromatic heterocycles.